The second kappa shape index (κ2) is 6.24. The molecule has 2 aromatic carbocycles. The Morgan fingerprint density at radius 1 is 1.13 bits per heavy atom. The Kier molecular flexibility index (Phi) is 4.15. The SMILES string of the molecule is CCC1c2ccccc2CCN1C(=O)c1cccc(C(=O)O)c1. The number of hydrogen-bond donors (Lipinski definition) is 1. The van der Waals surface area contributed by atoms with Crippen molar-refractivity contribution in [3.8, 4) is 0 Å². The molecule has 0 fully saturated rings. The third-order valence-electron chi connectivity index (χ3n) is 4.42. The van der Waals surface area contributed by atoms with E-state index in [0.717, 1.165) is 12.8 Å². The van der Waals surface area contributed by atoms with Crippen molar-refractivity contribution in [2.75, 3.05) is 6.54 Å². The zero-order valence-corrected chi connectivity index (χ0v) is 13.0. The summed E-state index contributed by atoms with van der Waals surface area (Å²) in [5, 5.41) is 9.10. The first-order valence-corrected chi connectivity index (χ1v) is 7.84. The first-order valence-electron chi connectivity index (χ1n) is 7.84. The zero-order chi connectivity index (χ0) is 16.4. The molecule has 3 rings (SSSR count). The van der Waals surface area contributed by atoms with Crippen molar-refractivity contribution in [1.82, 2.24) is 4.90 Å². The smallest absolute Gasteiger partial charge is 0.335 e. The van der Waals surface area contributed by atoms with Crippen molar-refractivity contribution in [1.29, 1.82) is 0 Å². The largest absolute Gasteiger partial charge is 0.478 e. The summed E-state index contributed by atoms with van der Waals surface area (Å²) >= 11 is 0. The van der Waals surface area contributed by atoms with Crippen LogP contribution in [0.25, 0.3) is 0 Å². The number of rotatable bonds is 3. The van der Waals surface area contributed by atoms with Crippen LogP contribution in [0.1, 0.15) is 51.2 Å². The first kappa shape index (κ1) is 15.3. The Morgan fingerprint density at radius 3 is 2.61 bits per heavy atom. The molecule has 0 spiro atoms. The Hall–Kier alpha value is -2.62. The van der Waals surface area contributed by atoms with Gasteiger partial charge in [0, 0.05) is 12.1 Å². The van der Waals surface area contributed by atoms with Gasteiger partial charge in [0.25, 0.3) is 5.91 Å². The van der Waals surface area contributed by atoms with Gasteiger partial charge >= 0.3 is 5.97 Å². The van der Waals surface area contributed by atoms with Crippen LogP contribution in [-0.2, 0) is 6.42 Å². The molecule has 1 N–H and O–H groups in total. The summed E-state index contributed by atoms with van der Waals surface area (Å²) in [6, 6.07) is 14.5. The van der Waals surface area contributed by atoms with Crippen LogP contribution in [0.3, 0.4) is 0 Å². The zero-order valence-electron chi connectivity index (χ0n) is 13.0. The fourth-order valence-electron chi connectivity index (χ4n) is 3.29. The van der Waals surface area contributed by atoms with E-state index in [9.17, 15) is 9.59 Å². The number of benzene rings is 2. The van der Waals surface area contributed by atoms with Crippen LogP contribution in [0.4, 0.5) is 0 Å². The lowest BCUT2D eigenvalue weighted by Crippen LogP contribution is -2.39. The van der Waals surface area contributed by atoms with Crippen LogP contribution in [0, 0.1) is 0 Å². The van der Waals surface area contributed by atoms with E-state index in [1.54, 1.807) is 12.1 Å². The topological polar surface area (TPSA) is 57.6 Å². The number of hydrogen-bond acceptors (Lipinski definition) is 2. The summed E-state index contributed by atoms with van der Waals surface area (Å²) in [5.41, 5.74) is 3.07. The van der Waals surface area contributed by atoms with Gasteiger partial charge in [0.15, 0.2) is 0 Å². The highest BCUT2D eigenvalue weighted by Crippen LogP contribution is 2.33. The molecule has 1 amide bonds. The number of carbonyl (C=O) groups is 2. The molecular weight excluding hydrogens is 290 g/mol. The average molecular weight is 309 g/mol. The van der Waals surface area contributed by atoms with Gasteiger partial charge in [-0.25, -0.2) is 4.79 Å². The number of fused-ring (bicyclic) bond motifs is 1. The maximum absolute atomic E-state index is 12.9. The van der Waals surface area contributed by atoms with E-state index >= 15 is 0 Å². The molecule has 0 aliphatic carbocycles. The van der Waals surface area contributed by atoms with E-state index in [2.05, 4.69) is 19.1 Å². The molecular formula is C19H19NO3. The Morgan fingerprint density at radius 2 is 1.87 bits per heavy atom. The monoisotopic (exact) mass is 309 g/mol. The van der Waals surface area contributed by atoms with Gasteiger partial charge in [-0.2, -0.15) is 0 Å². The first-order chi connectivity index (χ1) is 11.1. The van der Waals surface area contributed by atoms with Gasteiger partial charge < -0.3 is 10.0 Å². The van der Waals surface area contributed by atoms with Crippen LogP contribution in [0.2, 0.25) is 0 Å². The van der Waals surface area contributed by atoms with Crippen LogP contribution < -0.4 is 0 Å². The molecule has 1 aliphatic rings. The van der Waals surface area contributed by atoms with E-state index in [1.807, 2.05) is 17.0 Å². The van der Waals surface area contributed by atoms with Gasteiger partial charge in [-0.1, -0.05) is 37.3 Å². The summed E-state index contributed by atoms with van der Waals surface area (Å²) < 4.78 is 0. The predicted molar refractivity (Wildman–Crippen MR) is 87.6 cm³/mol. The molecule has 118 valence electrons. The summed E-state index contributed by atoms with van der Waals surface area (Å²) in [7, 11) is 0. The number of carboxylic acids is 1. The summed E-state index contributed by atoms with van der Waals surface area (Å²) in [6.45, 7) is 2.73. The highest BCUT2D eigenvalue weighted by molar-refractivity contribution is 5.97. The van der Waals surface area contributed by atoms with Crippen molar-refractivity contribution in [3.63, 3.8) is 0 Å². The van der Waals surface area contributed by atoms with Crippen LogP contribution in [0.5, 0.6) is 0 Å². The van der Waals surface area contributed by atoms with Gasteiger partial charge in [-0.05, 0) is 42.2 Å². The molecule has 1 atom stereocenters. The second-order valence-corrected chi connectivity index (χ2v) is 5.76. The summed E-state index contributed by atoms with van der Waals surface area (Å²) in [5.74, 6) is -1.12. The van der Waals surface area contributed by atoms with E-state index < -0.39 is 5.97 Å². The van der Waals surface area contributed by atoms with Crippen molar-refractivity contribution in [3.05, 3.63) is 70.8 Å². The van der Waals surface area contributed by atoms with E-state index in [4.69, 9.17) is 5.11 Å². The third-order valence-corrected chi connectivity index (χ3v) is 4.42. The molecule has 0 saturated carbocycles. The quantitative estimate of drug-likeness (QED) is 0.943. The Balaban J connectivity index is 1.94. The number of nitrogens with zero attached hydrogens (tertiary/aromatic N) is 1. The lowest BCUT2D eigenvalue weighted by molar-refractivity contribution is 0.0655. The molecule has 23 heavy (non-hydrogen) atoms. The molecule has 0 aromatic heterocycles. The van der Waals surface area contributed by atoms with E-state index in [0.29, 0.717) is 12.1 Å². The molecule has 4 heteroatoms. The van der Waals surface area contributed by atoms with E-state index in [1.165, 1.54) is 23.3 Å². The summed E-state index contributed by atoms with van der Waals surface area (Å²) in [6.07, 6.45) is 1.67. The fourth-order valence-corrected chi connectivity index (χ4v) is 3.29. The van der Waals surface area contributed by atoms with Gasteiger partial charge in [-0.15, -0.1) is 0 Å². The molecule has 1 unspecified atom stereocenters. The molecule has 0 saturated heterocycles. The molecule has 1 aliphatic heterocycles. The average Bonchev–Trinajstić information content (AvgIpc) is 2.60. The van der Waals surface area contributed by atoms with Crippen LogP contribution >= 0.6 is 0 Å². The molecule has 2 aromatic rings. The lowest BCUT2D eigenvalue weighted by atomic mass is 9.90. The third kappa shape index (κ3) is 2.84. The molecule has 4 nitrogen and oxygen atoms in total. The lowest BCUT2D eigenvalue weighted by Gasteiger charge is -2.37. The predicted octanol–water partition coefficient (Wildman–Crippen LogP) is 3.53. The maximum atomic E-state index is 12.9. The van der Waals surface area contributed by atoms with Gasteiger partial charge in [0.2, 0.25) is 0 Å². The molecule has 0 bridgehead atoms. The van der Waals surface area contributed by atoms with Crippen molar-refractivity contribution in [2.24, 2.45) is 0 Å². The highest BCUT2D eigenvalue weighted by Gasteiger charge is 2.30. The highest BCUT2D eigenvalue weighted by atomic mass is 16.4. The molecule has 1 heterocycles. The van der Waals surface area contributed by atoms with Crippen molar-refractivity contribution < 1.29 is 14.7 Å². The van der Waals surface area contributed by atoms with Gasteiger partial charge in [-0.3, -0.25) is 4.79 Å². The van der Waals surface area contributed by atoms with Crippen molar-refractivity contribution >= 4 is 11.9 Å². The van der Waals surface area contributed by atoms with Crippen molar-refractivity contribution in [2.45, 2.75) is 25.8 Å². The number of carbonyl (C=O) groups excluding carboxylic acids is 1. The number of aromatic carboxylic acids is 1. The minimum absolute atomic E-state index is 0.0425. The van der Waals surface area contributed by atoms with Gasteiger partial charge in [0.05, 0.1) is 11.6 Å². The number of carboxylic acid groups (broad SMARTS) is 1. The minimum atomic E-state index is -1.02. The number of amides is 1. The Labute approximate surface area is 135 Å². The summed E-state index contributed by atoms with van der Waals surface area (Å²) in [4.78, 5) is 25.9. The fraction of sp³-hybridized carbons (Fsp3) is 0.263. The minimum Gasteiger partial charge on any atom is -0.478 e. The Bertz CT molecular complexity index is 754. The molecule has 0 radical (unpaired) electrons. The second-order valence-electron chi connectivity index (χ2n) is 5.76. The normalized spacial score (nSPS) is 16.7. The standard InChI is InChI=1S/C19H19NO3/c1-2-17-16-9-4-3-6-13(16)10-11-20(17)18(21)14-7-5-8-15(12-14)19(22)23/h3-9,12,17H,2,10-11H2,1H3,(H,22,23). The van der Waals surface area contributed by atoms with Crippen LogP contribution in [0.15, 0.2) is 48.5 Å². The van der Waals surface area contributed by atoms with Crippen LogP contribution in [-0.4, -0.2) is 28.4 Å². The maximum Gasteiger partial charge on any atom is 0.335 e. The van der Waals surface area contributed by atoms with E-state index in [-0.39, 0.29) is 17.5 Å². The van der Waals surface area contributed by atoms with Gasteiger partial charge in [0.1, 0.15) is 0 Å².